The summed E-state index contributed by atoms with van der Waals surface area (Å²) in [7, 11) is 0. The van der Waals surface area contributed by atoms with E-state index in [2.05, 4.69) is 10.6 Å². The molecule has 0 atom stereocenters. The van der Waals surface area contributed by atoms with Gasteiger partial charge in [0.2, 0.25) is 0 Å². The molecule has 43 heavy (non-hydrogen) atoms. The number of carbonyl (C=O) groups is 4. The zero-order chi connectivity index (χ0) is 30.9. The van der Waals surface area contributed by atoms with Crippen molar-refractivity contribution in [3.8, 4) is 11.1 Å². The summed E-state index contributed by atoms with van der Waals surface area (Å²) in [6.07, 6.45) is -0.654. The lowest BCUT2D eigenvalue weighted by Crippen LogP contribution is -2.32. The van der Waals surface area contributed by atoms with Crippen molar-refractivity contribution in [3.05, 3.63) is 110 Å². The Morgan fingerprint density at radius 3 is 2.42 bits per heavy atom. The average Bonchev–Trinajstić information content (AvgIpc) is 3.49. The molecule has 0 fully saturated rings. The average molecular weight is 620 g/mol. The van der Waals surface area contributed by atoms with Crippen molar-refractivity contribution in [1.29, 1.82) is 0 Å². The van der Waals surface area contributed by atoms with Crippen LogP contribution in [0.1, 0.15) is 62.3 Å². The Kier molecular flexibility index (Phi) is 8.34. The molecule has 2 N–H and O–H groups in total. The predicted octanol–water partition coefficient (Wildman–Crippen LogP) is 7.28. The van der Waals surface area contributed by atoms with Crippen LogP contribution in [0.5, 0.6) is 0 Å². The molecule has 4 aromatic rings. The first kappa shape index (κ1) is 29.9. The summed E-state index contributed by atoms with van der Waals surface area (Å²) in [5, 5.41) is 5.29. The first-order chi connectivity index (χ1) is 20.4. The number of nitrogens with one attached hydrogen (secondary N) is 2. The Balaban J connectivity index is 1.33. The van der Waals surface area contributed by atoms with Gasteiger partial charge >= 0.3 is 6.09 Å². The van der Waals surface area contributed by atoms with Crippen molar-refractivity contribution >= 4 is 52.4 Å². The second-order valence-electron chi connectivity index (χ2n) is 10.8. The number of ether oxygens (including phenoxy) is 1. The molecule has 1 aliphatic rings. The van der Waals surface area contributed by atoms with Crippen molar-refractivity contribution in [2.45, 2.75) is 39.5 Å². The van der Waals surface area contributed by atoms with Crippen molar-refractivity contribution in [2.24, 2.45) is 0 Å². The summed E-state index contributed by atoms with van der Waals surface area (Å²) >= 11 is 7.05. The maximum Gasteiger partial charge on any atom is 0.407 e. The molecule has 0 saturated carbocycles. The predicted molar refractivity (Wildman–Crippen MR) is 163 cm³/mol. The molecule has 8 nitrogen and oxygen atoms in total. The summed E-state index contributed by atoms with van der Waals surface area (Å²) < 4.78 is 20.2. The molecule has 0 bridgehead atoms. The number of thiophene rings is 1. The maximum atomic E-state index is 14.5. The molecule has 11 heteroatoms. The number of carbonyl (C=O) groups excluding carboxylic acids is 4. The van der Waals surface area contributed by atoms with Crippen LogP contribution in [0, 0.1) is 5.82 Å². The zero-order valence-electron chi connectivity index (χ0n) is 23.5. The van der Waals surface area contributed by atoms with Crippen LogP contribution >= 0.6 is 22.9 Å². The highest BCUT2D eigenvalue weighted by atomic mass is 35.5. The minimum absolute atomic E-state index is 0.0116. The molecule has 4 amide bonds. The molecule has 2 heterocycles. The summed E-state index contributed by atoms with van der Waals surface area (Å²) in [5.74, 6) is -1.91. The Labute approximate surface area is 256 Å². The third kappa shape index (κ3) is 6.76. The molecule has 0 radical (unpaired) electrons. The van der Waals surface area contributed by atoms with E-state index in [1.807, 2.05) is 12.1 Å². The normalized spacial score (nSPS) is 12.7. The van der Waals surface area contributed by atoms with Gasteiger partial charge in [-0.05, 0) is 79.9 Å². The van der Waals surface area contributed by atoms with E-state index >= 15 is 0 Å². The van der Waals surface area contributed by atoms with Gasteiger partial charge in [0.15, 0.2) is 0 Å². The Bertz CT molecular complexity index is 1760. The van der Waals surface area contributed by atoms with Gasteiger partial charge < -0.3 is 15.4 Å². The molecule has 0 spiro atoms. The van der Waals surface area contributed by atoms with Crippen LogP contribution in [0.4, 0.5) is 14.9 Å². The summed E-state index contributed by atoms with van der Waals surface area (Å²) in [6.45, 7) is 5.14. The lowest BCUT2D eigenvalue weighted by Gasteiger charge is -2.19. The highest BCUT2D eigenvalue weighted by molar-refractivity contribution is 7.18. The fourth-order valence-corrected chi connectivity index (χ4v) is 5.54. The van der Waals surface area contributed by atoms with Crippen LogP contribution in [-0.4, -0.2) is 34.3 Å². The Hall–Kier alpha value is -4.54. The first-order valence-corrected chi connectivity index (χ1v) is 14.5. The molecular weight excluding hydrogens is 593 g/mol. The van der Waals surface area contributed by atoms with E-state index in [4.69, 9.17) is 16.3 Å². The summed E-state index contributed by atoms with van der Waals surface area (Å²) in [5.41, 5.74) is 2.24. The van der Waals surface area contributed by atoms with Crippen molar-refractivity contribution in [3.63, 3.8) is 0 Å². The SMILES string of the molecule is CC(C)(C)OC(=O)NCc1cc(-c2cccc(CN3C(=O)c4cccc(NC(=O)c5ccc(Cl)s5)c4C3=O)c2)ccc1F. The fourth-order valence-electron chi connectivity index (χ4n) is 4.60. The minimum Gasteiger partial charge on any atom is -0.444 e. The largest absolute Gasteiger partial charge is 0.444 e. The zero-order valence-corrected chi connectivity index (χ0v) is 25.1. The molecule has 0 unspecified atom stereocenters. The highest BCUT2D eigenvalue weighted by Gasteiger charge is 2.38. The number of anilines is 1. The third-order valence-electron chi connectivity index (χ3n) is 6.51. The van der Waals surface area contributed by atoms with Gasteiger partial charge in [0.25, 0.3) is 17.7 Å². The number of hydrogen-bond acceptors (Lipinski definition) is 6. The van der Waals surface area contributed by atoms with E-state index in [1.165, 1.54) is 6.07 Å². The molecule has 220 valence electrons. The lowest BCUT2D eigenvalue weighted by atomic mass is 10.0. The van der Waals surface area contributed by atoms with Crippen LogP contribution in [0.2, 0.25) is 4.34 Å². The monoisotopic (exact) mass is 619 g/mol. The van der Waals surface area contributed by atoms with Gasteiger partial charge in [-0.25, -0.2) is 9.18 Å². The first-order valence-electron chi connectivity index (χ1n) is 13.3. The van der Waals surface area contributed by atoms with Gasteiger partial charge in [0, 0.05) is 12.1 Å². The Morgan fingerprint density at radius 2 is 1.70 bits per heavy atom. The van der Waals surface area contributed by atoms with Gasteiger partial charge in [-0.2, -0.15) is 0 Å². The number of hydrogen-bond donors (Lipinski definition) is 2. The topological polar surface area (TPSA) is 105 Å². The van der Waals surface area contributed by atoms with Crippen LogP contribution in [-0.2, 0) is 17.8 Å². The molecule has 1 aromatic heterocycles. The van der Waals surface area contributed by atoms with Crippen LogP contribution in [0.3, 0.4) is 0 Å². The Morgan fingerprint density at radius 1 is 0.953 bits per heavy atom. The van der Waals surface area contributed by atoms with Crippen molar-refractivity contribution in [2.75, 3.05) is 5.32 Å². The van der Waals surface area contributed by atoms with Gasteiger partial charge in [-0.1, -0.05) is 41.9 Å². The molecule has 5 rings (SSSR count). The number of amides is 4. The quantitative estimate of drug-likeness (QED) is 0.212. The van der Waals surface area contributed by atoms with Gasteiger partial charge in [-0.15, -0.1) is 11.3 Å². The van der Waals surface area contributed by atoms with Crippen molar-refractivity contribution in [1.82, 2.24) is 10.2 Å². The summed E-state index contributed by atoms with van der Waals surface area (Å²) in [4.78, 5) is 53.0. The lowest BCUT2D eigenvalue weighted by molar-refractivity contribution is 0.0521. The number of fused-ring (bicyclic) bond motifs is 1. The van der Waals surface area contributed by atoms with E-state index < -0.39 is 35.2 Å². The number of imide groups is 1. The third-order valence-corrected chi connectivity index (χ3v) is 7.74. The molecule has 0 saturated heterocycles. The van der Waals surface area contributed by atoms with Crippen LogP contribution < -0.4 is 10.6 Å². The van der Waals surface area contributed by atoms with E-state index in [1.54, 1.807) is 75.4 Å². The van der Waals surface area contributed by atoms with Crippen LogP contribution in [0.15, 0.2) is 72.8 Å². The minimum atomic E-state index is -0.682. The van der Waals surface area contributed by atoms with E-state index in [9.17, 15) is 23.6 Å². The van der Waals surface area contributed by atoms with Gasteiger partial charge in [0.05, 0.1) is 32.6 Å². The number of benzene rings is 3. The highest BCUT2D eigenvalue weighted by Crippen LogP contribution is 2.32. The fraction of sp³-hybridized carbons (Fsp3) is 0.188. The smallest absolute Gasteiger partial charge is 0.407 e. The number of rotatable bonds is 7. The number of halogens is 2. The van der Waals surface area contributed by atoms with Gasteiger partial charge in [0.1, 0.15) is 11.4 Å². The molecular formula is C32H27ClFN3O5S. The number of nitrogens with zero attached hydrogens (tertiary/aromatic N) is 1. The molecule has 0 aliphatic carbocycles. The number of alkyl carbamates (subject to hydrolysis) is 1. The maximum absolute atomic E-state index is 14.5. The van der Waals surface area contributed by atoms with Gasteiger partial charge in [-0.3, -0.25) is 19.3 Å². The second kappa shape index (κ2) is 12.0. The van der Waals surface area contributed by atoms with E-state index in [-0.39, 0.29) is 35.5 Å². The molecule has 1 aliphatic heterocycles. The van der Waals surface area contributed by atoms with Crippen molar-refractivity contribution < 1.29 is 28.3 Å². The molecule has 3 aromatic carbocycles. The summed E-state index contributed by atoms with van der Waals surface area (Å²) in [6, 6.07) is 19.7. The second-order valence-corrected chi connectivity index (χ2v) is 12.6. The van der Waals surface area contributed by atoms with E-state index in [0.29, 0.717) is 20.3 Å². The van der Waals surface area contributed by atoms with Crippen LogP contribution in [0.25, 0.3) is 11.1 Å². The standard InChI is InChI=1S/C32H27ClFN3O5S/c1-32(2,3)42-31(41)35-16-21-15-20(10-11-23(21)34)19-7-4-6-18(14-19)17-37-29(39)22-8-5-9-24(27(22)30(37)40)36-28(38)25-12-13-26(33)43-25/h4-15H,16-17H2,1-3H3,(H,35,41)(H,36,38). The van der Waals surface area contributed by atoms with E-state index in [0.717, 1.165) is 21.8 Å².